The highest BCUT2D eigenvalue weighted by Crippen LogP contribution is 2.14. The van der Waals surface area contributed by atoms with Crippen molar-refractivity contribution in [2.24, 2.45) is 0 Å². The molecule has 0 saturated carbocycles. The van der Waals surface area contributed by atoms with Crippen LogP contribution in [0.25, 0.3) is 0 Å². The van der Waals surface area contributed by atoms with Crippen LogP contribution in [0.1, 0.15) is 18.4 Å². The molecule has 0 atom stereocenters. The molecule has 0 spiro atoms. The monoisotopic (exact) mass is 264 g/mol. The fraction of sp³-hybridized carbons (Fsp3) is 0.500. The lowest BCUT2D eigenvalue weighted by Crippen LogP contribution is -2.35. The van der Waals surface area contributed by atoms with Crippen molar-refractivity contribution in [3.63, 3.8) is 0 Å². The molecule has 1 heterocycles. The number of thioether (sulfide) groups is 1. The second-order valence-corrected chi connectivity index (χ2v) is 5.42. The van der Waals surface area contributed by atoms with E-state index in [4.69, 9.17) is 0 Å². The van der Waals surface area contributed by atoms with Crippen molar-refractivity contribution >= 4 is 17.7 Å². The number of carbonyl (C=O) groups excluding carboxylic acids is 1. The van der Waals surface area contributed by atoms with Crippen LogP contribution in [0.3, 0.4) is 0 Å². The molecule has 3 nitrogen and oxygen atoms in total. The number of hydrogen-bond donors (Lipinski definition) is 1. The lowest BCUT2D eigenvalue weighted by molar-refractivity contribution is -0.129. The Hall–Kier alpha value is -1.00. The molecule has 0 bridgehead atoms. The summed E-state index contributed by atoms with van der Waals surface area (Å²) in [7, 11) is 0. The Balaban J connectivity index is 1.72. The number of amides is 1. The first-order chi connectivity index (χ1) is 8.79. The second kappa shape index (κ2) is 6.81. The number of nitrogens with zero attached hydrogens (tertiary/aromatic N) is 1. The quantitative estimate of drug-likeness (QED) is 0.827. The van der Waals surface area contributed by atoms with Gasteiger partial charge in [-0.25, -0.2) is 0 Å². The molecule has 1 amide bonds. The summed E-state index contributed by atoms with van der Waals surface area (Å²) in [5.41, 5.74) is 1.22. The number of rotatable bonds is 5. The average Bonchev–Trinajstić information content (AvgIpc) is 2.93. The molecule has 1 saturated heterocycles. The minimum Gasteiger partial charge on any atom is -0.342 e. The van der Waals surface area contributed by atoms with Gasteiger partial charge in [-0.15, -0.1) is 11.8 Å². The third-order valence-corrected chi connectivity index (χ3v) is 3.97. The maximum absolute atomic E-state index is 11.8. The van der Waals surface area contributed by atoms with Gasteiger partial charge in [-0.05, 0) is 36.8 Å². The van der Waals surface area contributed by atoms with E-state index in [1.165, 1.54) is 10.5 Å². The van der Waals surface area contributed by atoms with Crippen LogP contribution in [-0.2, 0) is 11.3 Å². The van der Waals surface area contributed by atoms with E-state index in [2.05, 4.69) is 35.8 Å². The maximum atomic E-state index is 11.8. The first kappa shape index (κ1) is 13.4. The minimum atomic E-state index is 0.230. The molecule has 2 rings (SSSR count). The van der Waals surface area contributed by atoms with Crippen LogP contribution in [-0.4, -0.2) is 36.7 Å². The average molecular weight is 264 g/mol. The number of nitrogens with one attached hydrogen (secondary N) is 1. The molecule has 4 heteroatoms. The minimum absolute atomic E-state index is 0.230. The van der Waals surface area contributed by atoms with Crippen molar-refractivity contribution in [3.05, 3.63) is 29.8 Å². The Labute approximate surface area is 113 Å². The summed E-state index contributed by atoms with van der Waals surface area (Å²) >= 11 is 1.74. The van der Waals surface area contributed by atoms with Crippen molar-refractivity contribution in [2.75, 3.05) is 25.9 Å². The summed E-state index contributed by atoms with van der Waals surface area (Å²) in [5, 5.41) is 3.22. The highest BCUT2D eigenvalue weighted by Gasteiger charge is 2.16. The van der Waals surface area contributed by atoms with Gasteiger partial charge >= 0.3 is 0 Å². The van der Waals surface area contributed by atoms with Crippen molar-refractivity contribution in [3.8, 4) is 0 Å². The van der Waals surface area contributed by atoms with E-state index in [0.29, 0.717) is 6.54 Å². The molecule has 98 valence electrons. The van der Waals surface area contributed by atoms with Gasteiger partial charge in [0, 0.05) is 24.5 Å². The van der Waals surface area contributed by atoms with Crippen LogP contribution in [0.4, 0.5) is 0 Å². The third-order valence-electron chi connectivity index (χ3n) is 3.22. The number of likely N-dealkylation sites (tertiary alicyclic amines) is 1. The van der Waals surface area contributed by atoms with Gasteiger partial charge in [0.1, 0.15) is 0 Å². The zero-order valence-electron chi connectivity index (χ0n) is 10.8. The Morgan fingerprint density at radius 1 is 1.28 bits per heavy atom. The molecule has 0 radical (unpaired) electrons. The molecule has 1 N–H and O–H groups in total. The molecule has 0 aliphatic carbocycles. The highest BCUT2D eigenvalue weighted by atomic mass is 32.2. The van der Waals surface area contributed by atoms with Crippen LogP contribution in [0.5, 0.6) is 0 Å². The standard InChI is InChI=1S/C14H20N2OS/c1-18-13-6-4-12(5-7-13)10-15-11-14(17)16-8-2-3-9-16/h4-7,15H,2-3,8-11H2,1H3. The fourth-order valence-electron chi connectivity index (χ4n) is 2.14. The zero-order chi connectivity index (χ0) is 12.8. The Bertz CT molecular complexity index is 385. The van der Waals surface area contributed by atoms with E-state index < -0.39 is 0 Å². The predicted octanol–water partition coefficient (Wildman–Crippen LogP) is 2.12. The summed E-state index contributed by atoms with van der Waals surface area (Å²) in [6.07, 6.45) is 4.38. The zero-order valence-corrected chi connectivity index (χ0v) is 11.6. The largest absolute Gasteiger partial charge is 0.342 e. The van der Waals surface area contributed by atoms with Crippen molar-refractivity contribution in [1.82, 2.24) is 10.2 Å². The summed E-state index contributed by atoms with van der Waals surface area (Å²) in [5.74, 6) is 0.230. The van der Waals surface area contributed by atoms with Gasteiger partial charge in [0.2, 0.25) is 5.91 Å². The van der Waals surface area contributed by atoms with Gasteiger partial charge in [0.15, 0.2) is 0 Å². The van der Waals surface area contributed by atoms with E-state index in [-0.39, 0.29) is 5.91 Å². The smallest absolute Gasteiger partial charge is 0.236 e. The van der Waals surface area contributed by atoms with Crippen LogP contribution < -0.4 is 5.32 Å². The Morgan fingerprint density at radius 2 is 1.94 bits per heavy atom. The molecule has 1 fully saturated rings. The van der Waals surface area contributed by atoms with E-state index >= 15 is 0 Å². The number of carbonyl (C=O) groups is 1. The van der Waals surface area contributed by atoms with Crippen molar-refractivity contribution in [2.45, 2.75) is 24.3 Å². The van der Waals surface area contributed by atoms with Crippen LogP contribution >= 0.6 is 11.8 Å². The summed E-state index contributed by atoms with van der Waals surface area (Å²) < 4.78 is 0. The normalized spacial score (nSPS) is 15.1. The second-order valence-electron chi connectivity index (χ2n) is 4.54. The van der Waals surface area contributed by atoms with E-state index in [1.54, 1.807) is 11.8 Å². The predicted molar refractivity (Wildman–Crippen MR) is 75.7 cm³/mol. The van der Waals surface area contributed by atoms with Gasteiger partial charge in [0.05, 0.1) is 6.54 Å². The van der Waals surface area contributed by atoms with Gasteiger partial charge in [-0.3, -0.25) is 4.79 Å². The molecular formula is C14H20N2OS. The van der Waals surface area contributed by atoms with E-state index in [1.807, 2.05) is 4.90 Å². The third kappa shape index (κ3) is 3.75. The van der Waals surface area contributed by atoms with Crippen molar-refractivity contribution < 1.29 is 4.79 Å². The van der Waals surface area contributed by atoms with Crippen molar-refractivity contribution in [1.29, 1.82) is 0 Å². The molecule has 18 heavy (non-hydrogen) atoms. The Morgan fingerprint density at radius 3 is 2.56 bits per heavy atom. The first-order valence-electron chi connectivity index (χ1n) is 6.41. The molecule has 1 aliphatic rings. The first-order valence-corrected chi connectivity index (χ1v) is 7.63. The SMILES string of the molecule is CSc1ccc(CNCC(=O)N2CCCC2)cc1. The molecule has 1 aromatic rings. The van der Waals surface area contributed by atoms with E-state index in [9.17, 15) is 4.79 Å². The van der Waals surface area contributed by atoms with Gasteiger partial charge in [-0.2, -0.15) is 0 Å². The maximum Gasteiger partial charge on any atom is 0.236 e. The molecule has 1 aliphatic heterocycles. The lowest BCUT2D eigenvalue weighted by atomic mass is 10.2. The molecule has 1 aromatic carbocycles. The van der Waals surface area contributed by atoms with E-state index in [0.717, 1.165) is 32.5 Å². The lowest BCUT2D eigenvalue weighted by Gasteiger charge is -2.15. The number of hydrogen-bond acceptors (Lipinski definition) is 3. The fourth-order valence-corrected chi connectivity index (χ4v) is 2.54. The summed E-state index contributed by atoms with van der Waals surface area (Å²) in [4.78, 5) is 15.0. The van der Waals surface area contributed by atoms with Crippen LogP contribution in [0, 0.1) is 0 Å². The van der Waals surface area contributed by atoms with Gasteiger partial charge in [-0.1, -0.05) is 12.1 Å². The van der Waals surface area contributed by atoms with Gasteiger partial charge in [0.25, 0.3) is 0 Å². The Kier molecular flexibility index (Phi) is 5.08. The molecule has 0 aromatic heterocycles. The topological polar surface area (TPSA) is 32.3 Å². The van der Waals surface area contributed by atoms with Crippen LogP contribution in [0.15, 0.2) is 29.2 Å². The summed E-state index contributed by atoms with van der Waals surface area (Å²) in [6, 6.07) is 8.45. The summed E-state index contributed by atoms with van der Waals surface area (Å²) in [6.45, 7) is 3.07. The molecule has 0 unspecified atom stereocenters. The highest BCUT2D eigenvalue weighted by molar-refractivity contribution is 7.98. The number of benzene rings is 1. The van der Waals surface area contributed by atoms with Crippen LogP contribution in [0.2, 0.25) is 0 Å². The van der Waals surface area contributed by atoms with Gasteiger partial charge < -0.3 is 10.2 Å². The molecular weight excluding hydrogens is 244 g/mol.